The minimum absolute atomic E-state index is 0.0926. The molecule has 0 amide bonds. The lowest BCUT2D eigenvalue weighted by molar-refractivity contribution is -0.140. The van der Waals surface area contributed by atoms with E-state index >= 15 is 0 Å². The Morgan fingerprint density at radius 1 is 1.31 bits per heavy atom. The van der Waals surface area contributed by atoms with Gasteiger partial charge in [-0.1, -0.05) is 0 Å². The van der Waals surface area contributed by atoms with Crippen LogP contribution in [0.1, 0.15) is 18.4 Å². The zero-order valence-electron chi connectivity index (χ0n) is 13.3. The molecule has 1 aliphatic heterocycles. The first-order chi connectivity index (χ1) is 11.9. The number of hydrogen-bond acceptors (Lipinski definition) is 4. The van der Waals surface area contributed by atoms with Gasteiger partial charge in [0.15, 0.2) is 11.5 Å². The van der Waals surface area contributed by atoms with Crippen molar-refractivity contribution < 1.29 is 21.6 Å². The third kappa shape index (κ3) is 3.93. The zero-order chi connectivity index (χ0) is 19.3. The Kier molecular flexibility index (Phi) is 4.67. The SMILES string of the molecule is CC1(Cl)C=C(c2nc(C(F)(F)F)cn2-c2ccc(S(N)(=O)=O)cc2)SC1. The molecule has 1 atom stereocenters. The Morgan fingerprint density at radius 3 is 2.38 bits per heavy atom. The Labute approximate surface area is 157 Å². The van der Waals surface area contributed by atoms with Gasteiger partial charge in [0.1, 0.15) is 0 Å². The predicted octanol–water partition coefficient (Wildman–Crippen LogP) is 3.62. The summed E-state index contributed by atoms with van der Waals surface area (Å²) in [6, 6.07) is 5.18. The van der Waals surface area contributed by atoms with Gasteiger partial charge < -0.3 is 0 Å². The van der Waals surface area contributed by atoms with Crippen molar-refractivity contribution >= 4 is 38.3 Å². The lowest BCUT2D eigenvalue weighted by Crippen LogP contribution is -2.12. The summed E-state index contributed by atoms with van der Waals surface area (Å²) in [6.45, 7) is 1.76. The van der Waals surface area contributed by atoms with Crippen LogP contribution in [0, 0.1) is 0 Å². The molecule has 140 valence electrons. The van der Waals surface area contributed by atoms with E-state index in [1.807, 2.05) is 0 Å². The first-order valence-electron chi connectivity index (χ1n) is 7.22. The van der Waals surface area contributed by atoms with Crippen molar-refractivity contribution in [2.75, 3.05) is 5.75 Å². The van der Waals surface area contributed by atoms with Gasteiger partial charge in [-0.05, 0) is 37.3 Å². The second-order valence-electron chi connectivity index (χ2n) is 5.93. The number of halogens is 4. The molecular formula is C15H13ClF3N3O2S2. The fourth-order valence-electron chi connectivity index (χ4n) is 2.39. The molecule has 2 aromatic rings. The molecule has 1 aliphatic rings. The van der Waals surface area contributed by atoms with Crippen molar-refractivity contribution in [2.45, 2.75) is 22.9 Å². The number of nitrogens with two attached hydrogens (primary N) is 1. The molecule has 0 aliphatic carbocycles. The fourth-order valence-corrected chi connectivity index (χ4v) is 4.38. The van der Waals surface area contributed by atoms with Crippen LogP contribution in [0.25, 0.3) is 10.6 Å². The molecule has 2 heterocycles. The number of primary sulfonamides is 1. The topological polar surface area (TPSA) is 78.0 Å². The molecule has 1 unspecified atom stereocenters. The summed E-state index contributed by atoms with van der Waals surface area (Å²) in [4.78, 5) is 3.43. The average Bonchev–Trinajstić information content (AvgIpc) is 3.09. The maximum absolute atomic E-state index is 13.1. The largest absolute Gasteiger partial charge is 0.434 e. The molecule has 26 heavy (non-hydrogen) atoms. The molecule has 3 rings (SSSR count). The molecule has 0 saturated heterocycles. The van der Waals surface area contributed by atoms with Crippen molar-refractivity contribution in [1.29, 1.82) is 0 Å². The molecule has 0 fully saturated rings. The minimum Gasteiger partial charge on any atom is -0.299 e. The van der Waals surface area contributed by atoms with Gasteiger partial charge in [0, 0.05) is 22.5 Å². The fraction of sp³-hybridized carbons (Fsp3) is 0.267. The third-order valence-electron chi connectivity index (χ3n) is 3.60. The number of aromatic nitrogens is 2. The van der Waals surface area contributed by atoms with Crippen LogP contribution < -0.4 is 5.14 Å². The lowest BCUT2D eigenvalue weighted by Gasteiger charge is -2.08. The van der Waals surface area contributed by atoms with Crippen molar-refractivity contribution in [3.8, 4) is 5.69 Å². The van der Waals surface area contributed by atoms with Crippen molar-refractivity contribution in [3.63, 3.8) is 0 Å². The van der Waals surface area contributed by atoms with E-state index in [4.69, 9.17) is 16.7 Å². The van der Waals surface area contributed by atoms with E-state index < -0.39 is 26.8 Å². The molecular weight excluding hydrogens is 411 g/mol. The number of imidazole rings is 1. The molecule has 0 spiro atoms. The molecule has 11 heteroatoms. The maximum atomic E-state index is 13.1. The van der Waals surface area contributed by atoms with Gasteiger partial charge in [0.2, 0.25) is 10.0 Å². The maximum Gasteiger partial charge on any atom is 0.434 e. The summed E-state index contributed by atoms with van der Waals surface area (Å²) in [5.41, 5.74) is -0.729. The highest BCUT2D eigenvalue weighted by Gasteiger charge is 2.37. The summed E-state index contributed by atoms with van der Waals surface area (Å²) >= 11 is 7.55. The summed E-state index contributed by atoms with van der Waals surface area (Å²) in [7, 11) is -3.90. The van der Waals surface area contributed by atoms with Gasteiger partial charge in [-0.2, -0.15) is 13.2 Å². The van der Waals surface area contributed by atoms with Crippen LogP contribution in [0.5, 0.6) is 0 Å². The summed E-state index contributed by atoms with van der Waals surface area (Å²) in [5, 5.41) is 5.04. The highest BCUT2D eigenvalue weighted by Crippen LogP contribution is 2.43. The summed E-state index contributed by atoms with van der Waals surface area (Å²) < 4.78 is 63.3. The van der Waals surface area contributed by atoms with E-state index in [2.05, 4.69) is 4.98 Å². The molecule has 5 nitrogen and oxygen atoms in total. The van der Waals surface area contributed by atoms with Crippen molar-refractivity contribution in [2.24, 2.45) is 5.14 Å². The van der Waals surface area contributed by atoms with Crippen LogP contribution in [-0.4, -0.2) is 28.6 Å². The Hall–Kier alpha value is -1.49. The molecule has 0 bridgehead atoms. The number of rotatable bonds is 3. The number of allylic oxidation sites excluding steroid dienone is 1. The number of nitrogens with zero attached hydrogens (tertiary/aromatic N) is 2. The first kappa shape index (κ1) is 19.3. The van der Waals surface area contributed by atoms with E-state index in [0.717, 1.165) is 6.20 Å². The van der Waals surface area contributed by atoms with Crippen LogP contribution in [0.2, 0.25) is 0 Å². The standard InChI is InChI=1S/C15H13ClF3N3O2S2/c1-14(16)6-11(25-8-14)13-21-12(15(17,18)19)7-22(13)9-2-4-10(5-3-9)26(20,23)24/h2-7H,8H2,1H3,(H2,20,23,24). The normalized spacial score (nSPS) is 21.1. The molecule has 2 N–H and O–H groups in total. The monoisotopic (exact) mass is 423 g/mol. The number of alkyl halides is 4. The van der Waals surface area contributed by atoms with Gasteiger partial charge in [-0.15, -0.1) is 23.4 Å². The number of thioether (sulfide) groups is 1. The van der Waals surface area contributed by atoms with Gasteiger partial charge in [-0.25, -0.2) is 18.5 Å². The molecule has 1 aromatic carbocycles. The van der Waals surface area contributed by atoms with E-state index in [1.165, 1.54) is 40.6 Å². The van der Waals surface area contributed by atoms with E-state index in [1.54, 1.807) is 13.0 Å². The third-order valence-corrected chi connectivity index (χ3v) is 6.29. The average molecular weight is 424 g/mol. The van der Waals surface area contributed by atoms with Crippen LogP contribution in [0.15, 0.2) is 41.4 Å². The second kappa shape index (κ2) is 6.29. The predicted molar refractivity (Wildman–Crippen MR) is 94.6 cm³/mol. The van der Waals surface area contributed by atoms with Gasteiger partial charge >= 0.3 is 6.18 Å². The summed E-state index contributed by atoms with van der Waals surface area (Å²) in [5.74, 6) is 0.595. The Bertz CT molecular complexity index is 981. The quantitative estimate of drug-likeness (QED) is 0.765. The smallest absolute Gasteiger partial charge is 0.299 e. The first-order valence-corrected chi connectivity index (χ1v) is 10.1. The Balaban J connectivity index is 2.13. The highest BCUT2D eigenvalue weighted by molar-refractivity contribution is 8.08. The van der Waals surface area contributed by atoms with E-state index in [9.17, 15) is 21.6 Å². The molecule has 0 radical (unpaired) electrons. The van der Waals surface area contributed by atoms with Crippen LogP contribution in [0.3, 0.4) is 0 Å². The van der Waals surface area contributed by atoms with Gasteiger partial charge in [0.25, 0.3) is 0 Å². The summed E-state index contributed by atoms with van der Waals surface area (Å²) in [6.07, 6.45) is -2.09. The van der Waals surface area contributed by atoms with Crippen molar-refractivity contribution in [1.82, 2.24) is 9.55 Å². The minimum atomic E-state index is -4.62. The van der Waals surface area contributed by atoms with Crippen LogP contribution in [0.4, 0.5) is 13.2 Å². The van der Waals surface area contributed by atoms with E-state index in [0.29, 0.717) is 16.3 Å². The number of sulfonamides is 1. The van der Waals surface area contributed by atoms with E-state index in [-0.39, 0.29) is 10.7 Å². The van der Waals surface area contributed by atoms with Gasteiger partial charge in [0.05, 0.1) is 9.77 Å². The zero-order valence-corrected chi connectivity index (χ0v) is 15.7. The second-order valence-corrected chi connectivity index (χ2v) is 9.37. The van der Waals surface area contributed by atoms with Crippen molar-refractivity contribution in [3.05, 3.63) is 48.1 Å². The molecule has 1 aromatic heterocycles. The van der Waals surface area contributed by atoms with Crippen LogP contribution >= 0.6 is 23.4 Å². The molecule has 0 saturated carbocycles. The highest BCUT2D eigenvalue weighted by atomic mass is 35.5. The Morgan fingerprint density at radius 2 is 1.92 bits per heavy atom. The number of hydrogen-bond donors (Lipinski definition) is 1. The lowest BCUT2D eigenvalue weighted by atomic mass is 10.2. The van der Waals surface area contributed by atoms with Gasteiger partial charge in [-0.3, -0.25) is 4.57 Å². The van der Waals surface area contributed by atoms with Crippen LogP contribution in [-0.2, 0) is 16.2 Å². The number of benzene rings is 1.